The Hall–Kier alpha value is -1.25. The van der Waals surface area contributed by atoms with Gasteiger partial charge in [0.25, 0.3) is 0 Å². The van der Waals surface area contributed by atoms with E-state index >= 15 is 0 Å². The molecule has 0 aliphatic heterocycles. The Balaban J connectivity index is 2.13. The molecule has 2 unspecified atom stereocenters. The Morgan fingerprint density at radius 2 is 1.84 bits per heavy atom. The first-order valence-electron chi connectivity index (χ1n) is 6.27. The lowest BCUT2D eigenvalue weighted by Crippen LogP contribution is -2.42. The fourth-order valence-electron chi connectivity index (χ4n) is 2.16. The summed E-state index contributed by atoms with van der Waals surface area (Å²) in [5.74, 6) is 0.0217. The molecule has 2 atom stereocenters. The number of hydrogen-bond donors (Lipinski definition) is 3. The summed E-state index contributed by atoms with van der Waals surface area (Å²) in [5, 5.41) is 9.93. The highest BCUT2D eigenvalue weighted by Gasteiger charge is 2.27. The third kappa shape index (κ3) is 3.62. The van der Waals surface area contributed by atoms with E-state index in [9.17, 15) is 13.5 Å². The number of nitrogens with zero attached hydrogens (tertiary/aromatic N) is 2. The molecule has 19 heavy (non-hydrogen) atoms. The van der Waals surface area contributed by atoms with E-state index in [0.717, 1.165) is 31.7 Å². The molecule has 7 nitrogen and oxygen atoms in total. The highest BCUT2D eigenvalue weighted by Crippen LogP contribution is 2.20. The summed E-state index contributed by atoms with van der Waals surface area (Å²) in [7, 11) is -3.72. The molecule has 0 radical (unpaired) electrons. The van der Waals surface area contributed by atoms with Crippen molar-refractivity contribution in [1.82, 2.24) is 14.7 Å². The topological polar surface area (TPSA) is 118 Å². The van der Waals surface area contributed by atoms with Crippen molar-refractivity contribution >= 4 is 16.0 Å². The van der Waals surface area contributed by atoms with Crippen LogP contribution in [0.5, 0.6) is 0 Å². The first kappa shape index (κ1) is 14.2. The molecule has 0 amide bonds. The van der Waals surface area contributed by atoms with Gasteiger partial charge in [-0.05, 0) is 12.8 Å². The van der Waals surface area contributed by atoms with Gasteiger partial charge < -0.3 is 10.8 Å². The number of anilines is 1. The molecule has 1 aromatic heterocycles. The van der Waals surface area contributed by atoms with Crippen LogP contribution >= 0.6 is 0 Å². The van der Waals surface area contributed by atoms with Gasteiger partial charge in [-0.2, -0.15) is 0 Å². The maximum atomic E-state index is 12.1. The van der Waals surface area contributed by atoms with Crippen molar-refractivity contribution in [1.29, 1.82) is 0 Å². The van der Waals surface area contributed by atoms with Crippen LogP contribution in [-0.4, -0.2) is 35.6 Å². The summed E-state index contributed by atoms with van der Waals surface area (Å²) in [6.07, 6.45) is 5.77. The van der Waals surface area contributed by atoms with E-state index in [-0.39, 0.29) is 10.8 Å². The number of nitrogens with two attached hydrogens (primary N) is 1. The van der Waals surface area contributed by atoms with E-state index in [4.69, 9.17) is 5.73 Å². The maximum Gasteiger partial charge on any atom is 0.243 e. The molecule has 2 rings (SSSR count). The van der Waals surface area contributed by atoms with Gasteiger partial charge in [-0.25, -0.2) is 23.1 Å². The molecule has 1 heterocycles. The van der Waals surface area contributed by atoms with Gasteiger partial charge in [0.1, 0.15) is 4.90 Å². The molecule has 106 valence electrons. The highest BCUT2D eigenvalue weighted by molar-refractivity contribution is 7.89. The zero-order valence-corrected chi connectivity index (χ0v) is 11.3. The van der Waals surface area contributed by atoms with Crippen LogP contribution in [0.4, 0.5) is 5.95 Å². The van der Waals surface area contributed by atoms with Gasteiger partial charge >= 0.3 is 0 Å². The van der Waals surface area contributed by atoms with Crippen LogP contribution in [0, 0.1) is 0 Å². The number of aliphatic hydroxyl groups excluding tert-OH is 1. The molecule has 1 aromatic rings. The molecule has 0 aromatic carbocycles. The summed E-state index contributed by atoms with van der Waals surface area (Å²) in [4.78, 5) is 7.28. The minimum atomic E-state index is -3.72. The number of sulfonamides is 1. The summed E-state index contributed by atoms with van der Waals surface area (Å²) in [6.45, 7) is 0. The number of hydrogen-bond acceptors (Lipinski definition) is 6. The van der Waals surface area contributed by atoms with Gasteiger partial charge in [-0.15, -0.1) is 0 Å². The smallest absolute Gasteiger partial charge is 0.243 e. The Labute approximate surface area is 112 Å². The van der Waals surface area contributed by atoms with Crippen molar-refractivity contribution in [3.63, 3.8) is 0 Å². The molecule has 1 fully saturated rings. The van der Waals surface area contributed by atoms with Crippen LogP contribution in [0.3, 0.4) is 0 Å². The van der Waals surface area contributed by atoms with Crippen molar-refractivity contribution in [2.75, 3.05) is 5.73 Å². The Kier molecular flexibility index (Phi) is 4.33. The summed E-state index contributed by atoms with van der Waals surface area (Å²) < 4.78 is 26.8. The molecule has 0 saturated heterocycles. The molecule has 1 aliphatic rings. The number of rotatable bonds is 3. The lowest BCUT2D eigenvalue weighted by atomic mass is 10.1. The van der Waals surface area contributed by atoms with Crippen molar-refractivity contribution < 1.29 is 13.5 Å². The summed E-state index contributed by atoms with van der Waals surface area (Å²) in [5.41, 5.74) is 5.32. The van der Waals surface area contributed by atoms with E-state index in [2.05, 4.69) is 14.7 Å². The minimum Gasteiger partial charge on any atom is -0.391 e. The van der Waals surface area contributed by atoms with Crippen molar-refractivity contribution in [3.05, 3.63) is 12.4 Å². The molecule has 1 saturated carbocycles. The normalized spacial score (nSPS) is 24.9. The molecule has 8 heteroatoms. The second-order valence-corrected chi connectivity index (χ2v) is 6.42. The van der Waals surface area contributed by atoms with Crippen molar-refractivity contribution in [2.45, 2.75) is 49.1 Å². The number of nitrogens with one attached hydrogen (secondary N) is 1. The number of aliphatic hydroxyl groups is 1. The molecule has 4 N–H and O–H groups in total. The second-order valence-electron chi connectivity index (χ2n) is 4.71. The van der Waals surface area contributed by atoms with Crippen molar-refractivity contribution in [2.24, 2.45) is 0 Å². The van der Waals surface area contributed by atoms with Gasteiger partial charge in [-0.3, -0.25) is 0 Å². The lowest BCUT2D eigenvalue weighted by Gasteiger charge is -2.21. The zero-order chi connectivity index (χ0) is 13.9. The second kappa shape index (κ2) is 5.81. The molecule has 1 aliphatic carbocycles. The molecule has 0 spiro atoms. The third-order valence-corrected chi connectivity index (χ3v) is 4.69. The van der Waals surface area contributed by atoms with Crippen LogP contribution in [0.25, 0.3) is 0 Å². The van der Waals surface area contributed by atoms with E-state index in [1.54, 1.807) is 0 Å². The quantitative estimate of drug-likeness (QED) is 0.675. The Morgan fingerprint density at radius 1 is 1.21 bits per heavy atom. The average Bonchev–Trinajstić information content (AvgIpc) is 2.55. The van der Waals surface area contributed by atoms with Gasteiger partial charge in [-0.1, -0.05) is 19.3 Å². The van der Waals surface area contributed by atoms with E-state index in [1.165, 1.54) is 0 Å². The van der Waals surface area contributed by atoms with Gasteiger partial charge in [0.15, 0.2) is 0 Å². The first-order valence-corrected chi connectivity index (χ1v) is 7.75. The van der Waals surface area contributed by atoms with Crippen LogP contribution in [0.2, 0.25) is 0 Å². The van der Waals surface area contributed by atoms with Crippen LogP contribution in [0.15, 0.2) is 17.3 Å². The van der Waals surface area contributed by atoms with Gasteiger partial charge in [0.05, 0.1) is 18.5 Å². The standard InChI is InChI=1S/C11H18N4O3S/c12-11-13-6-8(7-14-11)19(17,18)15-9-4-2-1-3-5-10(9)16/h6-7,9-10,15-16H,1-5H2,(H2,12,13,14). The average molecular weight is 286 g/mol. The van der Waals surface area contributed by atoms with Crippen LogP contribution in [-0.2, 0) is 10.0 Å². The Bertz CT molecular complexity index is 517. The van der Waals surface area contributed by atoms with E-state index < -0.39 is 22.2 Å². The van der Waals surface area contributed by atoms with Crippen LogP contribution in [0.1, 0.15) is 32.1 Å². The predicted octanol–water partition coefficient (Wildman–Crippen LogP) is 0.0307. The van der Waals surface area contributed by atoms with E-state index in [0.29, 0.717) is 12.8 Å². The monoisotopic (exact) mass is 286 g/mol. The largest absolute Gasteiger partial charge is 0.391 e. The van der Waals surface area contributed by atoms with E-state index in [1.807, 2.05) is 0 Å². The van der Waals surface area contributed by atoms with Gasteiger partial charge in [0, 0.05) is 6.04 Å². The predicted molar refractivity (Wildman–Crippen MR) is 69.6 cm³/mol. The number of aromatic nitrogens is 2. The summed E-state index contributed by atoms with van der Waals surface area (Å²) >= 11 is 0. The van der Waals surface area contributed by atoms with Crippen molar-refractivity contribution in [3.8, 4) is 0 Å². The zero-order valence-electron chi connectivity index (χ0n) is 10.5. The molecule has 0 bridgehead atoms. The third-order valence-electron chi connectivity index (χ3n) is 3.24. The Morgan fingerprint density at radius 3 is 2.53 bits per heavy atom. The SMILES string of the molecule is Nc1ncc(S(=O)(=O)NC2CCCCCC2O)cn1. The van der Waals surface area contributed by atoms with Crippen LogP contribution < -0.4 is 10.5 Å². The minimum absolute atomic E-state index is 0.0217. The first-order chi connectivity index (χ1) is 8.99. The summed E-state index contributed by atoms with van der Waals surface area (Å²) in [6, 6.07) is -0.454. The number of nitrogen functional groups attached to an aromatic ring is 1. The highest BCUT2D eigenvalue weighted by atomic mass is 32.2. The molecular formula is C11H18N4O3S. The maximum absolute atomic E-state index is 12.1. The lowest BCUT2D eigenvalue weighted by molar-refractivity contribution is 0.130. The fraction of sp³-hybridized carbons (Fsp3) is 0.636. The molecular weight excluding hydrogens is 268 g/mol. The van der Waals surface area contributed by atoms with Gasteiger partial charge in [0.2, 0.25) is 16.0 Å². The fourth-order valence-corrected chi connectivity index (χ4v) is 3.35.